The number of carbonyl (C=O) groups is 1. The summed E-state index contributed by atoms with van der Waals surface area (Å²) in [5.41, 5.74) is -4.71. The molecule has 5 aliphatic carbocycles. The lowest BCUT2D eigenvalue weighted by molar-refractivity contribution is -0.937. The van der Waals surface area contributed by atoms with Gasteiger partial charge in [-0.25, -0.2) is 4.79 Å². The number of carbonyl (C=O) groups excluding carboxylic acids is 1. The van der Waals surface area contributed by atoms with Crippen LogP contribution in [-0.4, -0.2) is 141 Å². The number of halogens is 1. The number of ether oxygens (including phenoxy) is 5. The van der Waals surface area contributed by atoms with Crippen molar-refractivity contribution in [2.75, 3.05) is 55.7 Å². The first kappa shape index (κ1) is 34.9. The Kier molecular flexibility index (Phi) is 9.25. The summed E-state index contributed by atoms with van der Waals surface area (Å²) in [5, 5.41) is 56.4. The molecule has 16 atom stereocenters. The average Bonchev–Trinajstić information content (AvgIpc) is 3.42. The summed E-state index contributed by atoms with van der Waals surface area (Å²) in [6, 6.07) is 8.32. The highest BCUT2D eigenvalue weighted by Crippen LogP contribution is 2.78. The minimum absolute atomic E-state index is 0. The van der Waals surface area contributed by atoms with E-state index in [-0.39, 0.29) is 37.4 Å². The maximum atomic E-state index is 13.5. The highest BCUT2D eigenvalue weighted by atomic mass is 35.5. The standard InChI is InChI=1S/C31H43NO10.CH4O.ClH/c1-32-13-28(14-38-2)17(33)11-18(39-3)30-16-12-29(36)25(42-27(35)15-9-7-6-8-10-15)19(16)31(37,24(34)26(29)41-5)20(23(30)32)21(40-4)22(28)30;1-2;/h6-10,16-26,33-34,36-37H,11-14H2,1-5H3;2H,1H3;1H/t16-,17-,18+,19-,20+,21+,22-,23-,24+,25-,26+,28+,29-,30+,31-;;/m1../s1. The number of fused-ring (bicyclic) bond motifs is 2. The Labute approximate surface area is 270 Å². The van der Waals surface area contributed by atoms with Gasteiger partial charge in [-0.05, 0) is 24.5 Å². The molecule has 1 saturated heterocycles. The highest BCUT2D eigenvalue weighted by molar-refractivity contribution is 5.89. The fourth-order valence-corrected chi connectivity index (χ4v) is 12.0. The zero-order valence-corrected chi connectivity index (χ0v) is 27.4. The number of hydrogen-bond donors (Lipinski definition) is 6. The van der Waals surface area contributed by atoms with Gasteiger partial charge in [0.1, 0.15) is 35.6 Å². The van der Waals surface area contributed by atoms with Crippen molar-refractivity contribution in [1.82, 2.24) is 0 Å². The number of quaternary nitrogens is 1. The van der Waals surface area contributed by atoms with E-state index in [0.29, 0.717) is 18.5 Å². The monoisotopic (exact) mass is 657 g/mol. The number of rotatable bonds is 7. The predicted octanol–water partition coefficient (Wildman–Crippen LogP) is -5.12. The van der Waals surface area contributed by atoms with E-state index < -0.39 is 82.4 Å². The van der Waals surface area contributed by atoms with Crippen molar-refractivity contribution in [3.05, 3.63) is 35.9 Å². The van der Waals surface area contributed by atoms with Crippen LogP contribution in [0.1, 0.15) is 23.2 Å². The molecule has 7 bridgehead atoms. The summed E-state index contributed by atoms with van der Waals surface area (Å²) >= 11 is 0. The van der Waals surface area contributed by atoms with E-state index in [1.165, 1.54) is 7.11 Å². The second kappa shape index (κ2) is 11.9. The Morgan fingerprint density at radius 3 is 2.22 bits per heavy atom. The van der Waals surface area contributed by atoms with Crippen LogP contribution >= 0.6 is 0 Å². The minimum Gasteiger partial charge on any atom is -1.00 e. The lowest BCUT2D eigenvalue weighted by atomic mass is 9.42. The summed E-state index contributed by atoms with van der Waals surface area (Å²) in [5.74, 6) is -2.86. The molecule has 1 aliphatic heterocycles. The molecule has 0 amide bonds. The van der Waals surface area contributed by atoms with Crippen LogP contribution in [0, 0.1) is 34.5 Å². The molecule has 13 heteroatoms. The first-order valence-electron chi connectivity index (χ1n) is 15.4. The first-order chi connectivity index (χ1) is 21.0. The van der Waals surface area contributed by atoms with Gasteiger partial charge in [0.15, 0.2) is 0 Å². The van der Waals surface area contributed by atoms with Gasteiger partial charge in [0.2, 0.25) is 0 Å². The van der Waals surface area contributed by atoms with Gasteiger partial charge in [0.25, 0.3) is 0 Å². The number of benzene rings is 1. The van der Waals surface area contributed by atoms with E-state index in [1.54, 1.807) is 51.7 Å². The van der Waals surface area contributed by atoms with Crippen LogP contribution in [0.15, 0.2) is 30.3 Å². The second-order valence-corrected chi connectivity index (χ2v) is 13.9. The number of piperidine rings is 1. The smallest absolute Gasteiger partial charge is 0.338 e. The Bertz CT molecular complexity index is 1240. The fourth-order valence-electron chi connectivity index (χ4n) is 12.0. The number of aliphatic hydroxyl groups is 5. The zero-order chi connectivity index (χ0) is 32.0. The molecular formula is C32H48ClNO11. The van der Waals surface area contributed by atoms with Gasteiger partial charge in [-0.15, -0.1) is 0 Å². The molecule has 6 fully saturated rings. The van der Waals surface area contributed by atoms with Gasteiger partial charge in [-0.1, -0.05) is 18.2 Å². The third-order valence-corrected chi connectivity index (χ3v) is 12.8. The largest absolute Gasteiger partial charge is 1.00 e. The number of esters is 1. The normalized spacial score (nSPS) is 51.4. The fraction of sp³-hybridized carbons (Fsp3) is 0.781. The molecule has 1 spiro atoms. The summed E-state index contributed by atoms with van der Waals surface area (Å²) in [6.45, 7) is 0.864. The molecule has 254 valence electrons. The molecule has 6 aliphatic rings. The van der Waals surface area contributed by atoms with Crippen molar-refractivity contribution in [3.63, 3.8) is 0 Å². The van der Waals surface area contributed by atoms with Gasteiger partial charge < -0.3 is 66.5 Å². The predicted molar refractivity (Wildman–Crippen MR) is 154 cm³/mol. The molecule has 0 aromatic heterocycles. The molecule has 1 heterocycles. The van der Waals surface area contributed by atoms with Crippen LogP contribution in [0.4, 0.5) is 0 Å². The van der Waals surface area contributed by atoms with Crippen molar-refractivity contribution in [2.24, 2.45) is 34.5 Å². The Morgan fingerprint density at radius 2 is 1.64 bits per heavy atom. The third-order valence-electron chi connectivity index (χ3n) is 12.8. The SMILES string of the molecule is CO.COC[C@]12C[NH+](C)[C@@H]3[C@@H]4[C@H](OC)[C@H]1[C@@]3([C@@H](OC)C[C@H]2O)[C@@H]1C[C@@]2(O)[C@H](OC(=O)c3ccccc3)[C@@H]1[C@]4(O)[C@@H](O)[C@@H]2OC.[Cl-]. The number of hydrogen-bond acceptors (Lipinski definition) is 11. The van der Waals surface area contributed by atoms with Gasteiger partial charge in [-0.3, -0.25) is 0 Å². The molecule has 45 heavy (non-hydrogen) atoms. The Balaban J connectivity index is 0.00000131. The molecule has 1 aromatic carbocycles. The lowest BCUT2D eigenvalue weighted by Gasteiger charge is -2.67. The van der Waals surface area contributed by atoms with Crippen molar-refractivity contribution in [3.8, 4) is 0 Å². The first-order valence-corrected chi connectivity index (χ1v) is 15.4. The van der Waals surface area contributed by atoms with Crippen LogP contribution < -0.4 is 17.3 Å². The number of nitrogens with one attached hydrogen (secondary N) is 1. The van der Waals surface area contributed by atoms with E-state index in [1.807, 2.05) is 0 Å². The van der Waals surface area contributed by atoms with Gasteiger partial charge in [0, 0.05) is 53.8 Å². The van der Waals surface area contributed by atoms with Crippen molar-refractivity contribution in [2.45, 2.75) is 66.7 Å². The second-order valence-electron chi connectivity index (χ2n) is 13.9. The summed E-state index contributed by atoms with van der Waals surface area (Å²) in [7, 11) is 9.34. The van der Waals surface area contributed by atoms with Crippen LogP contribution in [-0.2, 0) is 23.7 Å². The Morgan fingerprint density at radius 1 is 0.978 bits per heavy atom. The van der Waals surface area contributed by atoms with Crippen molar-refractivity contribution < 1.29 is 71.3 Å². The Hall–Kier alpha value is -1.42. The molecule has 1 unspecified atom stereocenters. The van der Waals surface area contributed by atoms with Crippen LogP contribution in [0.25, 0.3) is 0 Å². The maximum Gasteiger partial charge on any atom is 0.338 e. The topological polar surface area (TPSA) is 169 Å². The lowest BCUT2D eigenvalue weighted by Crippen LogP contribution is -3.20. The van der Waals surface area contributed by atoms with E-state index >= 15 is 0 Å². The quantitative estimate of drug-likeness (QED) is 0.155. The number of likely N-dealkylation sites (tertiary alicyclic amines) is 1. The van der Waals surface area contributed by atoms with E-state index in [9.17, 15) is 25.2 Å². The molecular weight excluding hydrogens is 610 g/mol. The summed E-state index contributed by atoms with van der Waals surface area (Å²) in [4.78, 5) is 14.6. The van der Waals surface area contributed by atoms with Crippen LogP contribution in [0.2, 0.25) is 0 Å². The molecule has 12 nitrogen and oxygen atoms in total. The minimum atomic E-state index is -1.84. The molecule has 6 N–H and O–H groups in total. The molecule has 7 rings (SSSR count). The van der Waals surface area contributed by atoms with Gasteiger partial charge in [0.05, 0.1) is 60.8 Å². The molecule has 0 radical (unpaired) electrons. The highest BCUT2D eigenvalue weighted by Gasteiger charge is 2.92. The van der Waals surface area contributed by atoms with Gasteiger partial charge >= 0.3 is 5.97 Å². The maximum absolute atomic E-state index is 13.5. The van der Waals surface area contributed by atoms with E-state index in [2.05, 4.69) is 7.05 Å². The molecule has 1 aromatic rings. The van der Waals surface area contributed by atoms with E-state index in [4.69, 9.17) is 28.8 Å². The third kappa shape index (κ3) is 3.99. The van der Waals surface area contributed by atoms with Crippen molar-refractivity contribution in [1.29, 1.82) is 0 Å². The molecule has 5 saturated carbocycles. The average molecular weight is 658 g/mol. The number of aliphatic hydroxyl groups excluding tert-OH is 3. The van der Waals surface area contributed by atoms with Gasteiger partial charge in [-0.2, -0.15) is 0 Å². The van der Waals surface area contributed by atoms with Crippen LogP contribution in [0.3, 0.4) is 0 Å². The zero-order valence-electron chi connectivity index (χ0n) is 26.6. The van der Waals surface area contributed by atoms with Crippen molar-refractivity contribution >= 4 is 5.97 Å². The number of methoxy groups -OCH3 is 4. The summed E-state index contributed by atoms with van der Waals surface area (Å²) < 4.78 is 30.4. The summed E-state index contributed by atoms with van der Waals surface area (Å²) in [6.07, 6.45) is -5.16. The van der Waals surface area contributed by atoms with Crippen LogP contribution in [0.5, 0.6) is 0 Å². The van der Waals surface area contributed by atoms with E-state index in [0.717, 1.165) is 12.0 Å².